The highest BCUT2D eigenvalue weighted by Crippen LogP contribution is 2.49. The van der Waals surface area contributed by atoms with E-state index in [1.165, 1.54) is 42.0 Å². The lowest BCUT2D eigenvalue weighted by atomic mass is 9.65. The number of hydrogen-bond acceptors (Lipinski definition) is 3. The summed E-state index contributed by atoms with van der Waals surface area (Å²) in [6.07, 6.45) is 5.46. The molecule has 3 nitrogen and oxygen atoms in total. The minimum Gasteiger partial charge on any atom is -0.497 e. The van der Waals surface area contributed by atoms with Gasteiger partial charge in [0.2, 0.25) is 0 Å². The Labute approximate surface area is 191 Å². The van der Waals surface area contributed by atoms with Crippen molar-refractivity contribution >= 4 is 16.3 Å². The summed E-state index contributed by atoms with van der Waals surface area (Å²) in [7, 11) is 6.08. The van der Waals surface area contributed by atoms with Crippen LogP contribution in [0, 0.1) is 11.8 Å². The first kappa shape index (κ1) is 21.1. The summed E-state index contributed by atoms with van der Waals surface area (Å²) in [6, 6.07) is 21.5. The molecule has 32 heavy (non-hydrogen) atoms. The van der Waals surface area contributed by atoms with Gasteiger partial charge in [0, 0.05) is 6.54 Å². The second-order valence-corrected chi connectivity index (χ2v) is 9.59. The van der Waals surface area contributed by atoms with Crippen LogP contribution in [0.1, 0.15) is 36.8 Å². The summed E-state index contributed by atoms with van der Waals surface area (Å²) in [5.74, 6) is 3.29. The van der Waals surface area contributed by atoms with E-state index in [0.717, 1.165) is 35.4 Å². The number of fused-ring (bicyclic) bond motifs is 3. The third kappa shape index (κ3) is 4.27. The molecule has 0 unspecified atom stereocenters. The lowest BCUT2D eigenvalue weighted by Crippen LogP contribution is -2.31. The Morgan fingerprint density at radius 1 is 0.781 bits per heavy atom. The van der Waals surface area contributed by atoms with E-state index in [1.54, 1.807) is 18.3 Å². The van der Waals surface area contributed by atoms with Gasteiger partial charge in [0.15, 0.2) is 0 Å². The van der Waals surface area contributed by atoms with Crippen LogP contribution in [0.5, 0.6) is 11.5 Å². The SMILES string of the molecule is COc1ccc(COc2ccc3cc(C4=C(CN(C)C)C5CCC4CC5)ccc3c2)cc1. The van der Waals surface area contributed by atoms with E-state index in [2.05, 4.69) is 55.4 Å². The molecule has 1 saturated carbocycles. The lowest BCUT2D eigenvalue weighted by Gasteiger charge is -2.41. The molecule has 0 atom stereocenters. The molecule has 0 aliphatic heterocycles. The predicted octanol–water partition coefficient (Wildman–Crippen LogP) is 6.56. The fourth-order valence-electron chi connectivity index (χ4n) is 5.56. The zero-order chi connectivity index (χ0) is 22.1. The summed E-state index contributed by atoms with van der Waals surface area (Å²) in [5.41, 5.74) is 5.89. The van der Waals surface area contributed by atoms with Crippen LogP contribution in [0.2, 0.25) is 0 Å². The second-order valence-electron chi connectivity index (χ2n) is 9.59. The quantitative estimate of drug-likeness (QED) is 0.426. The summed E-state index contributed by atoms with van der Waals surface area (Å²) in [4.78, 5) is 2.34. The van der Waals surface area contributed by atoms with Crippen LogP contribution >= 0.6 is 0 Å². The van der Waals surface area contributed by atoms with Crippen molar-refractivity contribution in [2.24, 2.45) is 11.8 Å². The standard InChI is InChI=1S/C29H33NO2/c1-30(2)18-28-21-6-8-22(9-7-21)29(28)25-11-10-24-17-27(15-12-23(24)16-25)32-19-20-4-13-26(31-3)14-5-20/h4-5,10-17,21-22H,6-9,18-19H2,1-3H3. The van der Waals surface area contributed by atoms with Gasteiger partial charge in [-0.1, -0.05) is 30.3 Å². The second kappa shape index (κ2) is 8.99. The largest absolute Gasteiger partial charge is 0.497 e. The van der Waals surface area contributed by atoms with Gasteiger partial charge in [-0.2, -0.15) is 0 Å². The number of ether oxygens (including phenoxy) is 2. The molecule has 3 heteroatoms. The Hall–Kier alpha value is -2.78. The van der Waals surface area contributed by atoms with Crippen LogP contribution in [0.15, 0.2) is 66.2 Å². The van der Waals surface area contributed by atoms with E-state index in [9.17, 15) is 0 Å². The molecule has 2 bridgehead atoms. The summed E-state index contributed by atoms with van der Waals surface area (Å²) in [5, 5.41) is 2.52. The van der Waals surface area contributed by atoms with E-state index in [-0.39, 0.29) is 0 Å². The zero-order valence-corrected chi connectivity index (χ0v) is 19.4. The van der Waals surface area contributed by atoms with E-state index in [0.29, 0.717) is 6.61 Å². The van der Waals surface area contributed by atoms with Gasteiger partial charge < -0.3 is 14.4 Å². The topological polar surface area (TPSA) is 21.7 Å². The average molecular weight is 428 g/mol. The van der Waals surface area contributed by atoms with Gasteiger partial charge in [-0.3, -0.25) is 0 Å². The highest BCUT2D eigenvalue weighted by atomic mass is 16.5. The number of allylic oxidation sites excluding steroid dienone is 1. The van der Waals surface area contributed by atoms with Gasteiger partial charge in [0.25, 0.3) is 0 Å². The van der Waals surface area contributed by atoms with Crippen LogP contribution in [-0.4, -0.2) is 32.6 Å². The van der Waals surface area contributed by atoms with Crippen LogP contribution in [-0.2, 0) is 6.61 Å². The molecule has 0 saturated heterocycles. The van der Waals surface area contributed by atoms with E-state index < -0.39 is 0 Å². The molecule has 0 amide bonds. The predicted molar refractivity (Wildman–Crippen MR) is 132 cm³/mol. The van der Waals surface area contributed by atoms with Crippen molar-refractivity contribution in [3.05, 3.63) is 77.4 Å². The minimum absolute atomic E-state index is 0.553. The molecule has 166 valence electrons. The summed E-state index contributed by atoms with van der Waals surface area (Å²) >= 11 is 0. The van der Waals surface area contributed by atoms with E-state index in [4.69, 9.17) is 9.47 Å². The first-order chi connectivity index (χ1) is 15.6. The van der Waals surface area contributed by atoms with Crippen LogP contribution < -0.4 is 9.47 Å². The van der Waals surface area contributed by atoms with Crippen molar-refractivity contribution < 1.29 is 9.47 Å². The number of methoxy groups -OCH3 is 1. The number of rotatable bonds is 7. The molecule has 0 spiro atoms. The van der Waals surface area contributed by atoms with Crippen molar-refractivity contribution in [2.75, 3.05) is 27.7 Å². The molecule has 3 aromatic carbocycles. The van der Waals surface area contributed by atoms with Crippen molar-refractivity contribution in [1.82, 2.24) is 4.90 Å². The summed E-state index contributed by atoms with van der Waals surface area (Å²) < 4.78 is 11.3. The average Bonchev–Trinajstić information content (AvgIpc) is 2.83. The van der Waals surface area contributed by atoms with Gasteiger partial charge in [0.1, 0.15) is 18.1 Å². The van der Waals surface area contributed by atoms with Gasteiger partial charge in [-0.15, -0.1) is 0 Å². The van der Waals surface area contributed by atoms with Crippen molar-refractivity contribution in [2.45, 2.75) is 32.3 Å². The normalized spacial score (nSPS) is 20.2. The Bertz CT molecular complexity index is 1120. The summed E-state index contributed by atoms with van der Waals surface area (Å²) in [6.45, 7) is 1.64. The van der Waals surface area contributed by atoms with Crippen LogP contribution in [0.4, 0.5) is 0 Å². The third-order valence-electron chi connectivity index (χ3n) is 7.15. The first-order valence-electron chi connectivity index (χ1n) is 11.8. The molecular formula is C29H33NO2. The highest BCUT2D eigenvalue weighted by molar-refractivity contribution is 5.88. The lowest BCUT2D eigenvalue weighted by molar-refractivity contribution is 0.299. The zero-order valence-electron chi connectivity index (χ0n) is 19.4. The van der Waals surface area contributed by atoms with E-state index in [1.807, 2.05) is 24.3 Å². The molecule has 6 rings (SSSR count). The first-order valence-corrected chi connectivity index (χ1v) is 11.8. The van der Waals surface area contributed by atoms with Gasteiger partial charge >= 0.3 is 0 Å². The number of nitrogens with zero attached hydrogens (tertiary/aromatic N) is 1. The Balaban J connectivity index is 1.38. The van der Waals surface area contributed by atoms with Crippen molar-refractivity contribution in [1.29, 1.82) is 0 Å². The Morgan fingerprint density at radius 3 is 2.16 bits per heavy atom. The fourth-order valence-corrected chi connectivity index (χ4v) is 5.56. The van der Waals surface area contributed by atoms with Gasteiger partial charge in [-0.25, -0.2) is 0 Å². The Kier molecular flexibility index (Phi) is 5.93. The van der Waals surface area contributed by atoms with Crippen molar-refractivity contribution in [3.8, 4) is 11.5 Å². The highest BCUT2D eigenvalue weighted by Gasteiger charge is 2.35. The smallest absolute Gasteiger partial charge is 0.120 e. The maximum atomic E-state index is 6.07. The van der Waals surface area contributed by atoms with Gasteiger partial charge in [0.05, 0.1) is 7.11 Å². The molecule has 1 fully saturated rings. The number of benzene rings is 3. The Morgan fingerprint density at radius 2 is 1.44 bits per heavy atom. The number of hydrogen-bond donors (Lipinski definition) is 0. The fraction of sp³-hybridized carbons (Fsp3) is 0.379. The third-order valence-corrected chi connectivity index (χ3v) is 7.15. The number of likely N-dealkylation sites (N-methyl/N-ethyl adjacent to an activating group) is 1. The maximum absolute atomic E-state index is 6.07. The maximum Gasteiger partial charge on any atom is 0.120 e. The molecule has 0 N–H and O–H groups in total. The minimum atomic E-state index is 0.553. The van der Waals surface area contributed by atoms with Crippen LogP contribution in [0.25, 0.3) is 16.3 Å². The van der Waals surface area contributed by atoms with Gasteiger partial charge in [-0.05, 0) is 115 Å². The monoisotopic (exact) mass is 427 g/mol. The van der Waals surface area contributed by atoms with Crippen molar-refractivity contribution in [3.63, 3.8) is 0 Å². The molecule has 0 aromatic heterocycles. The molecule has 3 aliphatic rings. The molecule has 3 aliphatic carbocycles. The molecule has 3 aromatic rings. The molecular weight excluding hydrogens is 394 g/mol. The molecule has 0 heterocycles. The van der Waals surface area contributed by atoms with Crippen LogP contribution in [0.3, 0.4) is 0 Å². The molecule has 0 radical (unpaired) electrons. The van der Waals surface area contributed by atoms with E-state index >= 15 is 0 Å².